The van der Waals surface area contributed by atoms with Gasteiger partial charge in [-0.2, -0.15) is 26.3 Å². The van der Waals surface area contributed by atoms with Crippen LogP contribution in [0.25, 0.3) is 17.2 Å². The van der Waals surface area contributed by atoms with Crippen LogP contribution in [0.1, 0.15) is 42.1 Å². The smallest absolute Gasteiger partial charge is 0.408 e. The minimum absolute atomic E-state index is 0.0119. The zero-order valence-corrected chi connectivity index (χ0v) is 24.4. The number of carbonyl (C=O) groups is 2. The Morgan fingerprint density at radius 2 is 1.59 bits per heavy atom. The first-order chi connectivity index (χ1) is 17.8. The Labute approximate surface area is 225 Å². The number of rotatable bonds is 5. The van der Waals surface area contributed by atoms with E-state index in [2.05, 4.69) is 10.5 Å². The molecule has 1 fully saturated rings. The van der Waals surface area contributed by atoms with E-state index in [1.54, 1.807) is 12.1 Å². The SMILES string of the molecule is CC(C)C1=Cc2cccc(-c3cc(C(F)(F)F)cc(C(F)(F)F)c3)c2C1NC(=O)[Si](C)(C)B1NC(=O)[Si]1(C)C. The minimum atomic E-state index is -4.98. The van der Waals surface area contributed by atoms with Crippen LogP contribution in [0.15, 0.2) is 42.0 Å². The molecule has 1 unspecified atom stereocenters. The molecule has 0 aromatic heterocycles. The maximum absolute atomic E-state index is 13.7. The summed E-state index contributed by atoms with van der Waals surface area (Å²) in [5, 5.41) is 6.00. The fraction of sp³-hybridized carbons (Fsp3) is 0.385. The van der Waals surface area contributed by atoms with Crippen LogP contribution in [0.5, 0.6) is 0 Å². The molecule has 39 heavy (non-hydrogen) atoms. The molecule has 0 radical (unpaired) electrons. The Hall–Kier alpha value is -2.80. The van der Waals surface area contributed by atoms with Gasteiger partial charge in [-0.25, -0.2) is 0 Å². The van der Waals surface area contributed by atoms with E-state index < -0.39 is 45.4 Å². The molecule has 0 spiro atoms. The molecule has 1 saturated heterocycles. The van der Waals surface area contributed by atoms with E-state index in [0.29, 0.717) is 23.3 Å². The first-order valence-electron chi connectivity index (χ1n) is 12.5. The predicted octanol–water partition coefficient (Wildman–Crippen LogP) is 7.65. The van der Waals surface area contributed by atoms with Crippen molar-refractivity contribution in [1.29, 1.82) is 0 Å². The summed E-state index contributed by atoms with van der Waals surface area (Å²) >= 11 is 0. The number of alkyl halides is 6. The van der Waals surface area contributed by atoms with Crippen molar-refractivity contribution < 1.29 is 35.9 Å². The number of amides is 2. The van der Waals surface area contributed by atoms with Crippen LogP contribution in [0.2, 0.25) is 26.2 Å². The van der Waals surface area contributed by atoms with Crippen molar-refractivity contribution in [3.63, 3.8) is 0 Å². The number of fused-ring (bicyclic) bond motifs is 1. The normalized spacial score (nSPS) is 18.9. The van der Waals surface area contributed by atoms with Crippen molar-refractivity contribution in [2.45, 2.75) is 58.4 Å². The van der Waals surface area contributed by atoms with E-state index in [-0.39, 0.29) is 40.2 Å². The van der Waals surface area contributed by atoms with Gasteiger partial charge in [-0.1, -0.05) is 64.3 Å². The second kappa shape index (κ2) is 9.39. The maximum atomic E-state index is 13.7. The lowest BCUT2D eigenvalue weighted by atomic mass is 9.89. The third-order valence-corrected chi connectivity index (χ3v) is 17.9. The van der Waals surface area contributed by atoms with Gasteiger partial charge in [0.15, 0.2) is 11.1 Å². The molecule has 2 aromatic carbocycles. The van der Waals surface area contributed by atoms with E-state index in [9.17, 15) is 35.9 Å². The summed E-state index contributed by atoms with van der Waals surface area (Å²) in [5.41, 5.74) is -1.21. The molecule has 0 bridgehead atoms. The number of carbonyl (C=O) groups excluding carboxylic acids is 2. The first-order valence-corrected chi connectivity index (χ1v) is 18.7. The van der Waals surface area contributed by atoms with Gasteiger partial charge in [0.25, 0.3) is 6.03 Å². The summed E-state index contributed by atoms with van der Waals surface area (Å²) < 4.78 is 81.7. The maximum Gasteiger partial charge on any atom is 0.416 e. The van der Waals surface area contributed by atoms with Gasteiger partial charge in [0.2, 0.25) is 0 Å². The fourth-order valence-electron chi connectivity index (χ4n) is 5.56. The molecule has 2 aliphatic rings. The molecule has 1 heterocycles. The molecule has 4 rings (SSSR count). The Balaban J connectivity index is 1.82. The Bertz CT molecular complexity index is 1350. The quantitative estimate of drug-likeness (QED) is 0.281. The molecule has 4 nitrogen and oxygen atoms in total. The molecule has 1 aliphatic carbocycles. The van der Waals surface area contributed by atoms with E-state index in [1.165, 1.54) is 6.07 Å². The second-order valence-corrected chi connectivity index (χ2v) is 21.2. The third kappa shape index (κ3) is 5.10. The van der Waals surface area contributed by atoms with Crippen LogP contribution in [0, 0.1) is 5.92 Å². The van der Waals surface area contributed by atoms with E-state index in [1.807, 2.05) is 46.1 Å². The van der Waals surface area contributed by atoms with Crippen molar-refractivity contribution in [2.75, 3.05) is 0 Å². The molecule has 208 valence electrons. The van der Waals surface area contributed by atoms with Gasteiger partial charge in [0.05, 0.1) is 17.2 Å². The molecular weight excluding hydrogens is 553 g/mol. The molecule has 1 atom stereocenters. The highest BCUT2D eigenvalue weighted by atomic mass is 28.4. The third-order valence-electron chi connectivity index (χ3n) is 7.81. The zero-order chi connectivity index (χ0) is 29.3. The standard InChI is InChI=1S/C26H29BF6N2O2Si2/c1-14(2)20-12-15-8-7-9-19(16-10-17(25(28,29)30)13-18(11-16)26(31,32)33)21(15)22(20)34-23(36)38(3,4)27-35-24(37)39(27,5)6/h7-14,22H,1-6H3,(H,34,36)(H,35,37). The summed E-state index contributed by atoms with van der Waals surface area (Å²) in [6.07, 6.45) is -8.13. The van der Waals surface area contributed by atoms with Gasteiger partial charge in [0, 0.05) is 0 Å². The lowest BCUT2D eigenvalue weighted by Gasteiger charge is -2.46. The highest BCUT2D eigenvalue weighted by molar-refractivity contribution is 7.75. The highest BCUT2D eigenvalue weighted by Gasteiger charge is 2.63. The van der Waals surface area contributed by atoms with Gasteiger partial charge in [0.1, 0.15) is 15.9 Å². The second-order valence-electron chi connectivity index (χ2n) is 11.7. The van der Waals surface area contributed by atoms with E-state index in [0.717, 1.165) is 5.57 Å². The average molecular weight is 583 g/mol. The zero-order valence-electron chi connectivity index (χ0n) is 22.4. The largest absolute Gasteiger partial charge is 0.416 e. The number of hydrogen-bond donors (Lipinski definition) is 2. The van der Waals surface area contributed by atoms with Crippen molar-refractivity contribution >= 4 is 39.1 Å². The summed E-state index contributed by atoms with van der Waals surface area (Å²) in [6.45, 7) is 11.4. The lowest BCUT2D eigenvalue weighted by molar-refractivity contribution is -0.143. The van der Waals surface area contributed by atoms with Crippen molar-refractivity contribution in [2.24, 2.45) is 5.92 Å². The lowest BCUT2D eigenvalue weighted by Crippen LogP contribution is -2.87. The monoisotopic (exact) mass is 582 g/mol. The molecule has 1 aliphatic heterocycles. The van der Waals surface area contributed by atoms with E-state index >= 15 is 0 Å². The molecule has 2 N–H and O–H groups in total. The fourth-order valence-corrected chi connectivity index (χ4v) is 16.0. The highest BCUT2D eigenvalue weighted by Crippen LogP contribution is 2.46. The number of nitrogens with one attached hydrogen (secondary N) is 2. The molecule has 13 heteroatoms. The van der Waals surface area contributed by atoms with Crippen molar-refractivity contribution in [3.05, 3.63) is 64.2 Å². The topological polar surface area (TPSA) is 58.2 Å². The van der Waals surface area contributed by atoms with Crippen molar-refractivity contribution in [1.82, 2.24) is 10.5 Å². The molecule has 2 amide bonds. The number of benzene rings is 2. The van der Waals surface area contributed by atoms with Gasteiger partial charge in [-0.05, 0) is 51.9 Å². The van der Waals surface area contributed by atoms with E-state index in [4.69, 9.17) is 0 Å². The van der Waals surface area contributed by atoms with Gasteiger partial charge >= 0.3 is 12.4 Å². The van der Waals surface area contributed by atoms with Crippen LogP contribution >= 0.6 is 0 Å². The van der Waals surface area contributed by atoms with Gasteiger partial charge in [-0.15, -0.1) is 0 Å². The van der Waals surface area contributed by atoms with Gasteiger partial charge < -0.3 is 10.5 Å². The summed E-state index contributed by atoms with van der Waals surface area (Å²) in [4.78, 5) is 25.9. The Morgan fingerprint density at radius 1 is 1.03 bits per heavy atom. The van der Waals surface area contributed by atoms with Crippen molar-refractivity contribution in [3.8, 4) is 11.1 Å². The van der Waals surface area contributed by atoms with Crippen LogP contribution in [-0.2, 0) is 12.4 Å². The van der Waals surface area contributed by atoms with Crippen LogP contribution in [0.4, 0.5) is 35.9 Å². The summed E-state index contributed by atoms with van der Waals surface area (Å²) in [6, 6.07) is 5.40. The number of hydrogen-bond acceptors (Lipinski definition) is 2. The minimum Gasteiger partial charge on any atom is -0.408 e. The molecule has 2 aromatic rings. The average Bonchev–Trinajstić information content (AvgIpc) is 3.19. The Kier molecular flexibility index (Phi) is 7.03. The summed E-state index contributed by atoms with van der Waals surface area (Å²) in [5.74, 6) is -0.0678. The van der Waals surface area contributed by atoms with Crippen LogP contribution in [-0.4, -0.2) is 33.0 Å². The first kappa shape index (κ1) is 29.2. The van der Waals surface area contributed by atoms with Gasteiger partial charge in [-0.3, -0.25) is 9.59 Å². The molecular formula is C26H29BF6N2O2Si2. The molecule has 0 saturated carbocycles. The Morgan fingerprint density at radius 3 is 2.05 bits per heavy atom. The van der Waals surface area contributed by atoms with Crippen LogP contribution in [0.3, 0.4) is 0 Å². The number of halogens is 6. The van der Waals surface area contributed by atoms with Crippen LogP contribution < -0.4 is 10.5 Å². The predicted molar refractivity (Wildman–Crippen MR) is 145 cm³/mol. The summed E-state index contributed by atoms with van der Waals surface area (Å²) in [7, 11) is -5.10.